The van der Waals surface area contributed by atoms with Crippen LogP contribution >= 0.6 is 11.3 Å². The van der Waals surface area contributed by atoms with Crippen molar-refractivity contribution in [3.63, 3.8) is 0 Å². The zero-order valence-electron chi connectivity index (χ0n) is 12.0. The molecule has 0 aliphatic carbocycles. The summed E-state index contributed by atoms with van der Waals surface area (Å²) < 4.78 is 28.5. The average Bonchev–Trinajstić information content (AvgIpc) is 3.08. The lowest BCUT2D eigenvalue weighted by Gasteiger charge is -2.02. The highest BCUT2D eigenvalue weighted by Crippen LogP contribution is 2.28. The van der Waals surface area contributed by atoms with Crippen molar-refractivity contribution in [2.45, 2.75) is 11.9 Å². The van der Waals surface area contributed by atoms with Crippen LogP contribution in [-0.2, 0) is 17.1 Å². The van der Waals surface area contributed by atoms with Gasteiger partial charge in [-0.05, 0) is 12.5 Å². The lowest BCUT2D eigenvalue weighted by atomic mass is 10.1. The number of hydrogen-bond donors (Lipinski definition) is 1. The predicted molar refractivity (Wildman–Crippen MR) is 86.3 cm³/mol. The quantitative estimate of drug-likeness (QED) is 0.796. The molecule has 0 unspecified atom stereocenters. The van der Waals surface area contributed by atoms with Crippen molar-refractivity contribution in [2.75, 3.05) is 4.72 Å². The van der Waals surface area contributed by atoms with Gasteiger partial charge in [-0.1, -0.05) is 24.3 Å². The molecular weight excluding hydrogens is 320 g/mol. The molecule has 0 fully saturated rings. The molecule has 2 heterocycles. The minimum atomic E-state index is -3.71. The number of benzene rings is 1. The summed E-state index contributed by atoms with van der Waals surface area (Å²) in [5, 5.41) is 2.13. The van der Waals surface area contributed by atoms with E-state index in [0.29, 0.717) is 5.13 Å². The number of sulfonamides is 1. The Balaban J connectivity index is 1.88. The molecule has 0 aliphatic heterocycles. The maximum atomic E-state index is 12.2. The summed E-state index contributed by atoms with van der Waals surface area (Å²) in [4.78, 5) is 8.20. The Bertz CT molecular complexity index is 912. The summed E-state index contributed by atoms with van der Waals surface area (Å²) in [7, 11) is -1.99. The molecule has 1 N–H and O–H groups in total. The maximum Gasteiger partial charge on any atom is 0.282 e. The van der Waals surface area contributed by atoms with Gasteiger partial charge >= 0.3 is 0 Å². The Morgan fingerprint density at radius 1 is 1.27 bits per heavy atom. The van der Waals surface area contributed by atoms with Gasteiger partial charge in [-0.2, -0.15) is 8.42 Å². The van der Waals surface area contributed by atoms with Gasteiger partial charge in [-0.25, -0.2) is 9.97 Å². The Morgan fingerprint density at radius 3 is 2.73 bits per heavy atom. The summed E-state index contributed by atoms with van der Waals surface area (Å²) >= 11 is 1.25. The van der Waals surface area contributed by atoms with E-state index in [2.05, 4.69) is 14.7 Å². The third-order valence-electron chi connectivity index (χ3n) is 3.10. The highest BCUT2D eigenvalue weighted by Gasteiger charge is 2.19. The largest absolute Gasteiger partial charge is 0.339 e. The van der Waals surface area contributed by atoms with Crippen LogP contribution in [0.3, 0.4) is 0 Å². The lowest BCUT2D eigenvalue weighted by molar-refractivity contribution is 0.598. The summed E-state index contributed by atoms with van der Waals surface area (Å²) in [6, 6.07) is 7.84. The van der Waals surface area contributed by atoms with E-state index in [1.807, 2.05) is 36.6 Å². The summed E-state index contributed by atoms with van der Waals surface area (Å²) in [6.45, 7) is 1.99. The Hall–Kier alpha value is -2.19. The zero-order valence-corrected chi connectivity index (χ0v) is 13.6. The van der Waals surface area contributed by atoms with Crippen LogP contribution in [0.2, 0.25) is 0 Å². The SMILES string of the molecule is Cc1ccccc1-c1csc(NS(=O)(=O)c2cn(C)cn2)n1. The van der Waals surface area contributed by atoms with Crippen LogP contribution in [0, 0.1) is 6.92 Å². The van der Waals surface area contributed by atoms with Crippen molar-refractivity contribution in [3.05, 3.63) is 47.7 Å². The van der Waals surface area contributed by atoms with Crippen molar-refractivity contribution >= 4 is 26.5 Å². The van der Waals surface area contributed by atoms with E-state index in [1.165, 1.54) is 23.9 Å². The molecule has 114 valence electrons. The maximum absolute atomic E-state index is 12.2. The molecule has 0 amide bonds. The van der Waals surface area contributed by atoms with E-state index in [9.17, 15) is 8.42 Å². The van der Waals surface area contributed by atoms with Crippen LogP contribution < -0.4 is 4.72 Å². The van der Waals surface area contributed by atoms with E-state index < -0.39 is 10.0 Å². The molecule has 3 rings (SSSR count). The highest BCUT2D eigenvalue weighted by molar-refractivity contribution is 7.92. The van der Waals surface area contributed by atoms with E-state index in [4.69, 9.17) is 0 Å². The van der Waals surface area contributed by atoms with Gasteiger partial charge in [0.15, 0.2) is 10.2 Å². The van der Waals surface area contributed by atoms with Crippen LogP contribution in [0.25, 0.3) is 11.3 Å². The van der Waals surface area contributed by atoms with Crippen molar-refractivity contribution in [1.82, 2.24) is 14.5 Å². The van der Waals surface area contributed by atoms with E-state index in [-0.39, 0.29) is 5.03 Å². The second kappa shape index (κ2) is 5.54. The smallest absolute Gasteiger partial charge is 0.282 e. The normalized spacial score (nSPS) is 11.5. The molecular formula is C14H14N4O2S2. The molecule has 6 nitrogen and oxygen atoms in total. The number of nitrogens with zero attached hydrogens (tertiary/aromatic N) is 3. The minimum Gasteiger partial charge on any atom is -0.339 e. The number of anilines is 1. The van der Waals surface area contributed by atoms with Gasteiger partial charge in [0.25, 0.3) is 10.0 Å². The minimum absolute atomic E-state index is 0.0253. The first-order chi connectivity index (χ1) is 10.5. The second-order valence-electron chi connectivity index (χ2n) is 4.84. The van der Waals surface area contributed by atoms with Crippen LogP contribution in [0.15, 0.2) is 47.2 Å². The number of aromatic nitrogens is 3. The van der Waals surface area contributed by atoms with Crippen molar-refractivity contribution < 1.29 is 8.42 Å². The van der Waals surface area contributed by atoms with Crippen molar-refractivity contribution in [3.8, 4) is 11.3 Å². The van der Waals surface area contributed by atoms with E-state index in [1.54, 1.807) is 11.6 Å². The van der Waals surface area contributed by atoms with Crippen molar-refractivity contribution in [2.24, 2.45) is 7.05 Å². The predicted octanol–water partition coefficient (Wildman–Crippen LogP) is 2.65. The fourth-order valence-corrected chi connectivity index (χ4v) is 3.95. The number of hydrogen-bond acceptors (Lipinski definition) is 5. The average molecular weight is 334 g/mol. The molecule has 3 aromatic rings. The standard InChI is InChI=1S/C14H14N4O2S2/c1-10-5-3-4-6-11(10)12-8-21-14(16-12)17-22(19,20)13-7-18(2)9-15-13/h3-9H,1-2H3,(H,16,17). The van der Waals surface area contributed by atoms with Crippen LogP contribution in [-0.4, -0.2) is 23.0 Å². The highest BCUT2D eigenvalue weighted by atomic mass is 32.2. The van der Waals surface area contributed by atoms with Gasteiger partial charge in [0.2, 0.25) is 0 Å². The summed E-state index contributed by atoms with van der Waals surface area (Å²) in [5.74, 6) is 0. The first-order valence-electron chi connectivity index (χ1n) is 6.48. The third kappa shape index (κ3) is 2.88. The topological polar surface area (TPSA) is 76.9 Å². The summed E-state index contributed by atoms with van der Waals surface area (Å²) in [5.41, 5.74) is 2.83. The molecule has 0 aliphatic rings. The number of aryl methyl sites for hydroxylation is 2. The monoisotopic (exact) mass is 334 g/mol. The third-order valence-corrected chi connectivity index (χ3v) is 5.21. The molecule has 0 saturated carbocycles. The molecule has 0 radical (unpaired) electrons. The van der Waals surface area contributed by atoms with Gasteiger partial charge in [0, 0.05) is 24.2 Å². The van der Waals surface area contributed by atoms with Gasteiger partial charge in [-0.3, -0.25) is 4.72 Å². The lowest BCUT2D eigenvalue weighted by Crippen LogP contribution is -2.13. The number of thiazole rings is 1. The number of imidazole rings is 1. The van der Waals surface area contributed by atoms with Crippen LogP contribution in [0.4, 0.5) is 5.13 Å². The first-order valence-corrected chi connectivity index (χ1v) is 8.84. The second-order valence-corrected chi connectivity index (χ2v) is 7.32. The molecule has 0 bridgehead atoms. The van der Waals surface area contributed by atoms with Gasteiger partial charge in [0.1, 0.15) is 0 Å². The van der Waals surface area contributed by atoms with Crippen LogP contribution in [0.5, 0.6) is 0 Å². The molecule has 22 heavy (non-hydrogen) atoms. The number of nitrogens with one attached hydrogen (secondary N) is 1. The van der Waals surface area contributed by atoms with E-state index >= 15 is 0 Å². The number of rotatable bonds is 4. The Kier molecular flexibility index (Phi) is 3.71. The molecule has 8 heteroatoms. The molecule has 0 saturated heterocycles. The van der Waals surface area contributed by atoms with Gasteiger partial charge in [-0.15, -0.1) is 11.3 Å². The zero-order chi connectivity index (χ0) is 15.7. The van der Waals surface area contributed by atoms with E-state index in [0.717, 1.165) is 16.8 Å². The van der Waals surface area contributed by atoms with Crippen LogP contribution in [0.1, 0.15) is 5.56 Å². The Morgan fingerprint density at radius 2 is 2.05 bits per heavy atom. The fraction of sp³-hybridized carbons (Fsp3) is 0.143. The van der Waals surface area contributed by atoms with Gasteiger partial charge < -0.3 is 4.57 Å². The summed E-state index contributed by atoms with van der Waals surface area (Å²) in [6.07, 6.45) is 2.88. The molecule has 2 aromatic heterocycles. The Labute approximate surface area is 132 Å². The first kappa shape index (κ1) is 14.7. The van der Waals surface area contributed by atoms with Crippen molar-refractivity contribution in [1.29, 1.82) is 0 Å². The fourth-order valence-electron chi connectivity index (χ4n) is 2.00. The van der Waals surface area contributed by atoms with Gasteiger partial charge in [0.05, 0.1) is 12.0 Å². The molecule has 0 spiro atoms. The molecule has 1 aromatic carbocycles. The molecule has 0 atom stereocenters.